The molecule has 0 saturated heterocycles. The Morgan fingerprint density at radius 1 is 1.70 bits per heavy atom. The highest BCUT2D eigenvalue weighted by atomic mass is 16.5. The van der Waals surface area contributed by atoms with E-state index in [2.05, 4.69) is 6.58 Å². The highest BCUT2D eigenvalue weighted by molar-refractivity contribution is 5.08. The van der Waals surface area contributed by atoms with E-state index < -0.39 is 0 Å². The lowest BCUT2D eigenvalue weighted by atomic mass is 10.3. The molecule has 0 radical (unpaired) electrons. The largest absolute Gasteiger partial charge is 0.501 e. The van der Waals surface area contributed by atoms with Crippen LogP contribution in [-0.4, -0.2) is 18.3 Å². The van der Waals surface area contributed by atoms with Crippen molar-refractivity contribution in [3.8, 4) is 0 Å². The predicted molar refractivity (Wildman–Crippen MR) is 41.6 cm³/mol. The Bertz CT molecular complexity index is 116. The average Bonchev–Trinajstić information content (AvgIpc) is 1.87. The molecule has 0 aromatic rings. The van der Waals surface area contributed by atoms with Gasteiger partial charge in [-0.05, 0) is 13.0 Å². The molecule has 10 heavy (non-hydrogen) atoms. The summed E-state index contributed by atoms with van der Waals surface area (Å²) < 4.78 is 4.98. The van der Waals surface area contributed by atoms with Crippen LogP contribution in [0.25, 0.3) is 0 Å². The van der Waals surface area contributed by atoms with E-state index in [9.17, 15) is 0 Å². The summed E-state index contributed by atoms with van der Waals surface area (Å²) in [4.78, 5) is 0. The molecule has 2 heteroatoms. The van der Waals surface area contributed by atoms with Crippen LogP contribution in [0.15, 0.2) is 24.5 Å². The minimum atomic E-state index is 0.181. The number of hydrogen-bond donors (Lipinski definition) is 1. The second-order valence-electron chi connectivity index (χ2n) is 2.10. The van der Waals surface area contributed by atoms with Crippen molar-refractivity contribution < 1.29 is 9.84 Å². The molecule has 0 aliphatic carbocycles. The van der Waals surface area contributed by atoms with E-state index in [1.54, 1.807) is 12.3 Å². The van der Waals surface area contributed by atoms with Crippen molar-refractivity contribution in [1.82, 2.24) is 0 Å². The lowest BCUT2D eigenvalue weighted by molar-refractivity contribution is 0.199. The second-order valence-corrected chi connectivity index (χ2v) is 2.10. The number of rotatable bonds is 5. The fraction of sp³-hybridized carbons (Fsp3) is 0.500. The molecule has 0 aliphatic rings. The van der Waals surface area contributed by atoms with Crippen LogP contribution in [0.5, 0.6) is 0 Å². The summed E-state index contributed by atoms with van der Waals surface area (Å²) in [5.41, 5.74) is 0.962. The third-order valence-electron chi connectivity index (χ3n) is 0.869. The van der Waals surface area contributed by atoms with E-state index in [0.29, 0.717) is 13.0 Å². The molecule has 0 heterocycles. The van der Waals surface area contributed by atoms with Crippen molar-refractivity contribution in [1.29, 1.82) is 0 Å². The molecule has 0 aromatic heterocycles. The van der Waals surface area contributed by atoms with E-state index in [4.69, 9.17) is 9.84 Å². The lowest BCUT2D eigenvalue weighted by Gasteiger charge is -1.96. The number of aliphatic hydroxyl groups is 1. The van der Waals surface area contributed by atoms with Gasteiger partial charge in [0.05, 0.1) is 12.9 Å². The van der Waals surface area contributed by atoms with Crippen LogP contribution < -0.4 is 0 Å². The average molecular weight is 142 g/mol. The Morgan fingerprint density at radius 2 is 2.40 bits per heavy atom. The maximum Gasteiger partial charge on any atom is 0.0895 e. The Kier molecular flexibility index (Phi) is 5.88. The molecule has 1 N–H and O–H groups in total. The minimum absolute atomic E-state index is 0.181. The first-order chi connectivity index (χ1) is 4.77. The third kappa shape index (κ3) is 7.24. The Morgan fingerprint density at radius 3 is 2.90 bits per heavy atom. The fourth-order valence-electron chi connectivity index (χ4n) is 0.380. The standard InChI is InChI=1S/C8H14O2/c1-8(2)4-7-10-6-3-5-9/h4,7,9H,1,3,5-6H2,2H3/b7-4+. The van der Waals surface area contributed by atoms with Crippen LogP contribution in [0, 0.1) is 0 Å². The van der Waals surface area contributed by atoms with Gasteiger partial charge in [0.25, 0.3) is 0 Å². The molecule has 0 aliphatic heterocycles. The predicted octanol–water partition coefficient (Wildman–Crippen LogP) is 1.48. The topological polar surface area (TPSA) is 29.5 Å². The molecule has 0 unspecified atom stereocenters. The maximum atomic E-state index is 8.35. The van der Waals surface area contributed by atoms with Gasteiger partial charge in [0, 0.05) is 13.0 Å². The normalized spacial score (nSPS) is 10.2. The van der Waals surface area contributed by atoms with Crippen LogP contribution in [-0.2, 0) is 4.74 Å². The first-order valence-corrected chi connectivity index (χ1v) is 3.32. The van der Waals surface area contributed by atoms with Crippen LogP contribution in [0.1, 0.15) is 13.3 Å². The smallest absolute Gasteiger partial charge is 0.0895 e. The third-order valence-corrected chi connectivity index (χ3v) is 0.869. The van der Waals surface area contributed by atoms with Gasteiger partial charge in [-0.1, -0.05) is 12.2 Å². The monoisotopic (exact) mass is 142 g/mol. The number of allylic oxidation sites excluding steroid dienone is 2. The van der Waals surface area contributed by atoms with E-state index in [1.807, 2.05) is 6.92 Å². The van der Waals surface area contributed by atoms with Gasteiger partial charge in [-0.15, -0.1) is 0 Å². The summed E-state index contributed by atoms with van der Waals surface area (Å²) in [5.74, 6) is 0. The van der Waals surface area contributed by atoms with Crippen molar-refractivity contribution >= 4 is 0 Å². The number of aliphatic hydroxyl groups excluding tert-OH is 1. The van der Waals surface area contributed by atoms with E-state index in [0.717, 1.165) is 5.57 Å². The Hall–Kier alpha value is -0.760. The molecule has 0 rings (SSSR count). The van der Waals surface area contributed by atoms with Gasteiger partial charge in [0.15, 0.2) is 0 Å². The Balaban J connectivity index is 3.10. The van der Waals surface area contributed by atoms with Crippen molar-refractivity contribution in [2.45, 2.75) is 13.3 Å². The summed E-state index contributed by atoms with van der Waals surface area (Å²) in [6.45, 7) is 6.30. The Labute approximate surface area is 61.8 Å². The van der Waals surface area contributed by atoms with Crippen molar-refractivity contribution in [2.75, 3.05) is 13.2 Å². The molecule has 2 nitrogen and oxygen atoms in total. The zero-order valence-corrected chi connectivity index (χ0v) is 6.34. The molecule has 0 atom stereocenters. The summed E-state index contributed by atoms with van der Waals surface area (Å²) in [6.07, 6.45) is 4.07. The molecule has 0 aromatic carbocycles. The van der Waals surface area contributed by atoms with Gasteiger partial charge in [0.1, 0.15) is 0 Å². The van der Waals surface area contributed by atoms with E-state index in [-0.39, 0.29) is 6.61 Å². The summed E-state index contributed by atoms with van der Waals surface area (Å²) in [5, 5.41) is 8.35. The van der Waals surface area contributed by atoms with Crippen LogP contribution in [0.4, 0.5) is 0 Å². The number of ether oxygens (including phenoxy) is 1. The molecule has 0 amide bonds. The summed E-state index contributed by atoms with van der Waals surface area (Å²) in [7, 11) is 0. The molecular weight excluding hydrogens is 128 g/mol. The minimum Gasteiger partial charge on any atom is -0.501 e. The first kappa shape index (κ1) is 9.24. The molecule has 0 fully saturated rings. The van der Waals surface area contributed by atoms with E-state index in [1.165, 1.54) is 0 Å². The van der Waals surface area contributed by atoms with Crippen molar-refractivity contribution in [3.05, 3.63) is 24.5 Å². The van der Waals surface area contributed by atoms with Gasteiger partial charge >= 0.3 is 0 Å². The lowest BCUT2D eigenvalue weighted by Crippen LogP contribution is -1.90. The van der Waals surface area contributed by atoms with Crippen molar-refractivity contribution in [3.63, 3.8) is 0 Å². The van der Waals surface area contributed by atoms with Gasteiger partial charge in [0.2, 0.25) is 0 Å². The maximum absolute atomic E-state index is 8.35. The van der Waals surface area contributed by atoms with Gasteiger partial charge in [-0.2, -0.15) is 0 Å². The van der Waals surface area contributed by atoms with Crippen molar-refractivity contribution in [2.24, 2.45) is 0 Å². The zero-order valence-electron chi connectivity index (χ0n) is 6.34. The summed E-state index contributed by atoms with van der Waals surface area (Å²) >= 11 is 0. The van der Waals surface area contributed by atoms with Crippen LogP contribution in [0.2, 0.25) is 0 Å². The van der Waals surface area contributed by atoms with Crippen LogP contribution >= 0.6 is 0 Å². The van der Waals surface area contributed by atoms with Gasteiger partial charge in [-0.25, -0.2) is 0 Å². The highest BCUT2D eigenvalue weighted by Crippen LogP contribution is 1.89. The molecule has 0 spiro atoms. The SMILES string of the molecule is C=C(C)/C=C/OCCCO. The summed E-state index contributed by atoms with van der Waals surface area (Å²) in [6, 6.07) is 0. The van der Waals surface area contributed by atoms with Crippen LogP contribution in [0.3, 0.4) is 0 Å². The van der Waals surface area contributed by atoms with Gasteiger partial charge < -0.3 is 9.84 Å². The second kappa shape index (κ2) is 6.36. The highest BCUT2D eigenvalue weighted by Gasteiger charge is 1.80. The number of hydrogen-bond acceptors (Lipinski definition) is 2. The quantitative estimate of drug-likeness (QED) is 0.358. The fourth-order valence-corrected chi connectivity index (χ4v) is 0.380. The molecular formula is C8H14O2. The molecule has 0 bridgehead atoms. The zero-order chi connectivity index (χ0) is 7.82. The molecule has 58 valence electrons. The van der Waals surface area contributed by atoms with E-state index >= 15 is 0 Å². The molecule has 0 saturated carbocycles. The van der Waals surface area contributed by atoms with Gasteiger partial charge in [-0.3, -0.25) is 0 Å². The first-order valence-electron chi connectivity index (χ1n) is 3.32.